The molecule has 6 aliphatic rings. The zero-order valence-electron chi connectivity index (χ0n) is 55.2. The summed E-state index contributed by atoms with van der Waals surface area (Å²) in [4.78, 5) is 84.5. The molecule has 0 unspecified atom stereocenters. The van der Waals surface area contributed by atoms with E-state index in [-0.39, 0.29) is 50.3 Å². The molecule has 3 N–H and O–H groups in total. The van der Waals surface area contributed by atoms with Crippen LogP contribution in [0.2, 0.25) is 0 Å². The molecule has 6 atom stereocenters. The summed E-state index contributed by atoms with van der Waals surface area (Å²) in [6, 6.07) is 9.62. The first-order valence-electron chi connectivity index (χ1n) is 31.7. The molecule has 12 rings (SSSR count). The van der Waals surface area contributed by atoms with E-state index in [2.05, 4.69) is 77.5 Å². The molecule has 0 bridgehead atoms. The molecule has 100 heavy (non-hydrogen) atoms. The number of ether oxygens (including phenoxy) is 3. The largest absolute Gasteiger partial charge is 0.463 e. The molecule has 532 valence electrons. The Morgan fingerprint density at radius 3 is 1.13 bits per heavy atom. The molecule has 6 aliphatic heterocycles. The number of allylic oxidation sites excluding steroid dienone is 1. The van der Waals surface area contributed by atoms with Crippen molar-refractivity contribution >= 4 is 143 Å². The van der Waals surface area contributed by atoms with Crippen LogP contribution in [0.5, 0.6) is 0 Å². The van der Waals surface area contributed by atoms with Gasteiger partial charge in [0.05, 0.1) is 47.0 Å². The summed E-state index contributed by atoms with van der Waals surface area (Å²) < 4.78 is 115. The normalized spacial score (nSPS) is 20.4. The highest BCUT2D eigenvalue weighted by atomic mass is 79.9. The van der Waals surface area contributed by atoms with Crippen LogP contribution in [0.15, 0.2) is 152 Å². The number of aromatic nitrogens is 3. The lowest BCUT2D eigenvalue weighted by Gasteiger charge is -2.32. The summed E-state index contributed by atoms with van der Waals surface area (Å²) in [5.41, 5.74) is 4.95. The number of carbonyl (C=O) groups is 4. The lowest BCUT2D eigenvalue weighted by Crippen LogP contribution is -2.42. The third kappa shape index (κ3) is 16.9. The van der Waals surface area contributed by atoms with Gasteiger partial charge in [-0.3, -0.25) is 19.8 Å². The van der Waals surface area contributed by atoms with E-state index in [0.29, 0.717) is 118 Å². The number of benzene rings is 3. The van der Waals surface area contributed by atoms with Crippen molar-refractivity contribution in [3.63, 3.8) is 0 Å². The molecule has 1 amide bonds. The smallest absolute Gasteiger partial charge is 0.338 e. The Morgan fingerprint density at radius 1 is 0.530 bits per heavy atom. The second kappa shape index (κ2) is 32.6. The highest BCUT2D eigenvalue weighted by Crippen LogP contribution is 2.47. The number of thiazole rings is 3. The molecule has 0 saturated carbocycles. The molecule has 0 radical (unpaired) electrons. The van der Waals surface area contributed by atoms with Gasteiger partial charge in [0.1, 0.15) is 35.6 Å². The number of esters is 3. The molecule has 3 saturated heterocycles. The molecule has 6 aromatic rings. The Balaban J connectivity index is 0.000000162. The summed E-state index contributed by atoms with van der Waals surface area (Å²) in [6.45, 7) is 15.3. The van der Waals surface area contributed by atoms with E-state index in [1.165, 1.54) is 77.3 Å². The zero-order chi connectivity index (χ0) is 72.1. The van der Waals surface area contributed by atoms with Gasteiger partial charge in [0.2, 0.25) is 26.0 Å². The molecule has 34 heteroatoms. The number of halogens is 6. The topological polar surface area (TPSA) is 286 Å². The SMILES string of the molecule is CCOC(=O)C1=C2C[C@@H](CNC(C)=O)CN2C(c2nccs2)=N[C@H]1c1ccc(F)cc1Br.CCOC(=O)C1=C2C[C@@H](NS(=O)(=O)C(C)C)CN2C(c2nccs2)=N[C@H]1c1ccc(F)cc1Br.CCOC(=O)C1=C2C[C@H](NS(=O)(=O)C(C)C)CN2C(c2nccs2)=N[C@H]1c1ccc(F)cc1Br. The summed E-state index contributed by atoms with van der Waals surface area (Å²) >= 11 is 14.5. The third-order valence-corrected chi connectivity index (χ3v) is 24.7. The number of sulfonamides is 2. The van der Waals surface area contributed by atoms with E-state index in [9.17, 15) is 49.2 Å². The van der Waals surface area contributed by atoms with Gasteiger partial charge >= 0.3 is 17.9 Å². The van der Waals surface area contributed by atoms with Crippen LogP contribution in [0.4, 0.5) is 13.2 Å². The van der Waals surface area contributed by atoms with Crippen LogP contribution < -0.4 is 14.8 Å². The lowest BCUT2D eigenvalue weighted by atomic mass is 9.94. The molecule has 23 nitrogen and oxygen atoms in total. The van der Waals surface area contributed by atoms with Crippen molar-refractivity contribution in [2.75, 3.05) is 46.0 Å². The van der Waals surface area contributed by atoms with Crippen LogP contribution in [-0.2, 0) is 53.4 Å². The van der Waals surface area contributed by atoms with Crippen molar-refractivity contribution in [1.29, 1.82) is 0 Å². The van der Waals surface area contributed by atoms with Crippen molar-refractivity contribution < 1.29 is 63.4 Å². The Morgan fingerprint density at radius 2 is 0.850 bits per heavy atom. The van der Waals surface area contributed by atoms with Gasteiger partial charge in [0, 0.05) is 123 Å². The zero-order valence-corrected chi connectivity index (χ0v) is 64.0. The van der Waals surface area contributed by atoms with Crippen molar-refractivity contribution in [2.45, 2.75) is 115 Å². The average molecular weight is 1660 g/mol. The third-order valence-electron chi connectivity index (χ3n) is 16.5. The van der Waals surface area contributed by atoms with Crippen LogP contribution >= 0.6 is 81.8 Å². The Kier molecular flexibility index (Phi) is 24.7. The number of fused-ring (bicyclic) bond motifs is 3. The standard InChI is InChI=1S/2C22H24BrFN4O4S2.C22H22BrFN4O3S/c2*1-4-32-22(29)18-17-10-14(27-34(30,31)12(2)3)11-28(17)20(21-25-7-8-33-21)26-19(18)15-6-5-13(24)9-16(15)23;1-3-31-22(30)18-17-8-13(10-26-12(2)29)11-28(17)20(21-25-6-7-32-21)27-19(18)15-5-4-14(24)9-16(15)23/h2*5-9,12,14,19,27H,4,10-11H2,1-3H3;4-7,9,13,19H,3,8,10-11H2,1-2H3,(H,26,29)/t14-,19+;14-,19-;13-,19-/m100/s1. The number of hydrogen-bond acceptors (Lipinski definition) is 23. The minimum absolute atomic E-state index is 0.0962. The van der Waals surface area contributed by atoms with Gasteiger partial charge in [-0.25, -0.2) is 68.8 Å². The molecular formula is C66H70Br3F3N12O11S5. The number of hydrogen-bond donors (Lipinski definition) is 3. The maximum atomic E-state index is 13.8. The molecule has 9 heterocycles. The van der Waals surface area contributed by atoms with E-state index >= 15 is 0 Å². The second-order valence-electron chi connectivity index (χ2n) is 23.9. The highest BCUT2D eigenvalue weighted by Gasteiger charge is 2.47. The first kappa shape index (κ1) is 75.8. The van der Waals surface area contributed by atoms with Crippen molar-refractivity contribution in [3.05, 3.63) is 186 Å². The number of aliphatic imine (C=N–C) groups is 3. The molecular weight excluding hydrogens is 1590 g/mol. The van der Waals surface area contributed by atoms with Crippen molar-refractivity contribution in [1.82, 2.24) is 44.4 Å². The van der Waals surface area contributed by atoms with Gasteiger partial charge in [-0.15, -0.1) is 34.0 Å². The summed E-state index contributed by atoms with van der Waals surface area (Å²) in [6.07, 6.45) is 6.16. The fraction of sp³-hybridized carbons (Fsp3) is 0.394. The first-order valence-corrected chi connectivity index (χ1v) is 39.8. The van der Waals surface area contributed by atoms with Crippen LogP contribution in [0, 0.1) is 23.4 Å². The number of amidine groups is 3. The monoisotopic (exact) mass is 1660 g/mol. The van der Waals surface area contributed by atoms with Crippen LogP contribution in [0.25, 0.3) is 0 Å². The fourth-order valence-corrected chi connectivity index (χ4v) is 17.4. The number of carbonyl (C=O) groups excluding carboxylic acids is 4. The Bertz CT molecular complexity index is 4330. The van der Waals surface area contributed by atoms with Gasteiger partial charge in [0.25, 0.3) is 0 Å². The van der Waals surface area contributed by atoms with Gasteiger partial charge < -0.3 is 34.2 Å². The van der Waals surface area contributed by atoms with Crippen molar-refractivity contribution in [2.24, 2.45) is 20.9 Å². The predicted molar refractivity (Wildman–Crippen MR) is 386 cm³/mol. The minimum atomic E-state index is -3.54. The van der Waals surface area contributed by atoms with Gasteiger partial charge in [-0.05, 0) is 114 Å². The molecule has 3 fully saturated rings. The Hall–Kier alpha value is -6.89. The molecule has 0 aliphatic carbocycles. The quantitative estimate of drug-likeness (QED) is 0.0473. The molecule has 3 aromatic carbocycles. The lowest BCUT2D eigenvalue weighted by molar-refractivity contribution is -0.140. The predicted octanol–water partition coefficient (Wildman–Crippen LogP) is 11.4. The van der Waals surface area contributed by atoms with E-state index in [1.54, 1.807) is 85.3 Å². The molecule has 3 aromatic heterocycles. The minimum Gasteiger partial charge on any atom is -0.463 e. The van der Waals surface area contributed by atoms with Gasteiger partial charge in [0.15, 0.2) is 32.5 Å². The number of nitrogens with one attached hydrogen (secondary N) is 3. The van der Waals surface area contributed by atoms with Gasteiger partial charge in [-0.1, -0.05) is 66.0 Å². The fourth-order valence-electron chi connectivity index (χ4n) is 11.9. The van der Waals surface area contributed by atoms with E-state index in [1.807, 2.05) is 30.8 Å². The molecule has 0 spiro atoms. The Labute approximate surface area is 614 Å². The van der Waals surface area contributed by atoms with E-state index < -0.39 is 90.3 Å². The number of amides is 1. The number of rotatable bonds is 20. The summed E-state index contributed by atoms with van der Waals surface area (Å²) in [7, 11) is -7.08. The highest BCUT2D eigenvalue weighted by molar-refractivity contribution is 9.11. The van der Waals surface area contributed by atoms with Crippen LogP contribution in [0.1, 0.15) is 124 Å². The van der Waals surface area contributed by atoms with Gasteiger partial charge in [-0.2, -0.15) is 0 Å². The second-order valence-corrected chi connectivity index (χ2v) is 33.7. The van der Waals surface area contributed by atoms with E-state index in [4.69, 9.17) is 29.2 Å². The van der Waals surface area contributed by atoms with Crippen LogP contribution in [0.3, 0.4) is 0 Å². The summed E-state index contributed by atoms with van der Waals surface area (Å²) in [5, 5.41) is 9.18. The van der Waals surface area contributed by atoms with Crippen molar-refractivity contribution in [3.8, 4) is 0 Å². The first-order chi connectivity index (χ1) is 47.6. The van der Waals surface area contributed by atoms with E-state index in [0.717, 1.165) is 10.7 Å². The van der Waals surface area contributed by atoms with Crippen LogP contribution in [-0.4, -0.2) is 156 Å². The maximum Gasteiger partial charge on any atom is 0.338 e. The maximum absolute atomic E-state index is 13.8. The summed E-state index contributed by atoms with van der Waals surface area (Å²) in [5.74, 6) is -1.05. The average Bonchev–Trinajstić information content (AvgIpc) is 1.52. The number of nitrogens with zero attached hydrogens (tertiary/aromatic N) is 9.